The van der Waals surface area contributed by atoms with Crippen LogP contribution in [0.3, 0.4) is 0 Å². The number of carbonyl (C=O) groups is 1. The van der Waals surface area contributed by atoms with E-state index < -0.39 is 0 Å². The van der Waals surface area contributed by atoms with Crippen molar-refractivity contribution in [3.8, 4) is 17.2 Å². The molecule has 0 aliphatic heterocycles. The third kappa shape index (κ3) is 4.36. The van der Waals surface area contributed by atoms with Gasteiger partial charge in [0, 0.05) is 23.8 Å². The molecule has 2 rings (SSSR count). The maximum Gasteiger partial charge on any atom is 0.249 e. The molecule has 0 bridgehead atoms. The summed E-state index contributed by atoms with van der Waals surface area (Å²) in [5, 5.41) is 7.10. The van der Waals surface area contributed by atoms with Crippen LogP contribution >= 0.6 is 0 Å². The minimum atomic E-state index is -0.258. The maximum absolute atomic E-state index is 12.3. The van der Waals surface area contributed by atoms with E-state index in [0.717, 1.165) is 6.42 Å². The quantitative estimate of drug-likeness (QED) is 0.730. The van der Waals surface area contributed by atoms with Gasteiger partial charge in [0.15, 0.2) is 11.5 Å². The summed E-state index contributed by atoms with van der Waals surface area (Å²) in [6.45, 7) is 4.12. The van der Waals surface area contributed by atoms with Gasteiger partial charge in [-0.3, -0.25) is 4.79 Å². The molecule has 1 atom stereocenters. The lowest BCUT2D eigenvalue weighted by Gasteiger charge is -2.13. The van der Waals surface area contributed by atoms with Gasteiger partial charge in [-0.1, -0.05) is 6.92 Å². The van der Waals surface area contributed by atoms with E-state index >= 15 is 0 Å². The zero-order valence-electron chi connectivity index (χ0n) is 15.8. The third-order valence-corrected chi connectivity index (χ3v) is 4.08. The van der Waals surface area contributed by atoms with Crippen molar-refractivity contribution >= 4 is 17.8 Å². The molecule has 1 N–H and O–H groups in total. The zero-order chi connectivity index (χ0) is 19.1. The van der Waals surface area contributed by atoms with Crippen LogP contribution < -0.4 is 19.5 Å². The molecule has 0 saturated carbocycles. The molecular weight excluding hydrogens is 334 g/mol. The zero-order valence-corrected chi connectivity index (χ0v) is 15.8. The van der Waals surface area contributed by atoms with E-state index in [4.69, 9.17) is 14.2 Å². The predicted octanol–water partition coefficient (Wildman–Crippen LogP) is 3.53. The molecule has 1 aromatic carbocycles. The van der Waals surface area contributed by atoms with Crippen molar-refractivity contribution in [1.82, 2.24) is 9.78 Å². The van der Waals surface area contributed by atoms with Crippen LogP contribution in [0.4, 0.5) is 5.82 Å². The van der Waals surface area contributed by atoms with Crippen LogP contribution in [0, 0.1) is 0 Å². The van der Waals surface area contributed by atoms with Crippen LogP contribution in [0.2, 0.25) is 0 Å². The molecule has 0 saturated heterocycles. The van der Waals surface area contributed by atoms with Gasteiger partial charge in [-0.2, -0.15) is 5.10 Å². The van der Waals surface area contributed by atoms with Crippen LogP contribution in [0.1, 0.15) is 31.9 Å². The summed E-state index contributed by atoms with van der Waals surface area (Å²) in [5.41, 5.74) is 0.704. The second kappa shape index (κ2) is 8.94. The van der Waals surface area contributed by atoms with Gasteiger partial charge in [0.25, 0.3) is 0 Å². The second-order valence-electron chi connectivity index (χ2n) is 5.69. The largest absolute Gasteiger partial charge is 0.496 e. The third-order valence-electron chi connectivity index (χ3n) is 4.08. The summed E-state index contributed by atoms with van der Waals surface area (Å²) >= 11 is 0. The first-order chi connectivity index (χ1) is 12.5. The summed E-state index contributed by atoms with van der Waals surface area (Å²) in [7, 11) is 4.67. The highest BCUT2D eigenvalue weighted by atomic mass is 16.5. The monoisotopic (exact) mass is 359 g/mol. The number of nitrogens with one attached hydrogen (secondary N) is 1. The molecule has 0 aliphatic carbocycles. The molecule has 2 aromatic rings. The molecule has 1 aromatic heterocycles. The van der Waals surface area contributed by atoms with Crippen LogP contribution in [-0.4, -0.2) is 37.0 Å². The Hall–Kier alpha value is -2.96. The Morgan fingerprint density at radius 3 is 2.46 bits per heavy atom. The lowest BCUT2D eigenvalue weighted by molar-refractivity contribution is -0.111. The van der Waals surface area contributed by atoms with Crippen molar-refractivity contribution in [3.63, 3.8) is 0 Å². The topological polar surface area (TPSA) is 74.6 Å². The fraction of sp³-hybridized carbons (Fsp3) is 0.368. The lowest BCUT2D eigenvalue weighted by Crippen LogP contribution is -2.15. The Balaban J connectivity index is 2.19. The summed E-state index contributed by atoms with van der Waals surface area (Å²) in [6, 6.07) is 5.45. The average molecular weight is 359 g/mol. The minimum absolute atomic E-state index is 0.204. The number of nitrogens with zero attached hydrogens (tertiary/aromatic N) is 2. The molecule has 0 fully saturated rings. The highest BCUT2D eigenvalue weighted by Gasteiger charge is 2.12. The first-order valence-electron chi connectivity index (χ1n) is 8.36. The van der Waals surface area contributed by atoms with E-state index in [9.17, 15) is 4.79 Å². The van der Waals surface area contributed by atoms with Gasteiger partial charge < -0.3 is 19.5 Å². The van der Waals surface area contributed by atoms with Crippen molar-refractivity contribution in [2.24, 2.45) is 0 Å². The SMILES string of the molecule is CCC(C)n1nccc1NC(=O)/C=C/c1cc(OC)c(OC)cc1OC. The molecular formula is C19H25N3O4. The number of benzene rings is 1. The number of amides is 1. The van der Waals surface area contributed by atoms with Gasteiger partial charge in [0.1, 0.15) is 11.6 Å². The normalized spacial score (nSPS) is 12.0. The van der Waals surface area contributed by atoms with Crippen molar-refractivity contribution in [1.29, 1.82) is 0 Å². The summed E-state index contributed by atoms with van der Waals surface area (Å²) < 4.78 is 17.7. The summed E-state index contributed by atoms with van der Waals surface area (Å²) in [4.78, 5) is 12.3. The van der Waals surface area contributed by atoms with Gasteiger partial charge >= 0.3 is 0 Å². The number of ether oxygens (including phenoxy) is 3. The van der Waals surface area contributed by atoms with Gasteiger partial charge in [-0.15, -0.1) is 0 Å². The number of aromatic nitrogens is 2. The van der Waals surface area contributed by atoms with Crippen molar-refractivity contribution in [2.45, 2.75) is 26.3 Å². The number of hydrogen-bond acceptors (Lipinski definition) is 5. The Bertz CT molecular complexity index is 783. The molecule has 1 unspecified atom stereocenters. The average Bonchev–Trinajstić information content (AvgIpc) is 3.12. The molecule has 7 nitrogen and oxygen atoms in total. The first kappa shape index (κ1) is 19.4. The van der Waals surface area contributed by atoms with E-state index in [1.807, 2.05) is 6.92 Å². The van der Waals surface area contributed by atoms with Crippen LogP contribution in [0.15, 0.2) is 30.5 Å². The molecule has 7 heteroatoms. The van der Waals surface area contributed by atoms with Crippen LogP contribution in [-0.2, 0) is 4.79 Å². The van der Waals surface area contributed by atoms with Gasteiger partial charge in [0.05, 0.1) is 33.6 Å². The first-order valence-corrected chi connectivity index (χ1v) is 8.36. The van der Waals surface area contributed by atoms with E-state index in [-0.39, 0.29) is 11.9 Å². The molecule has 1 heterocycles. The highest BCUT2D eigenvalue weighted by Crippen LogP contribution is 2.35. The van der Waals surface area contributed by atoms with E-state index in [2.05, 4.69) is 17.3 Å². The highest BCUT2D eigenvalue weighted by molar-refractivity contribution is 6.01. The molecule has 0 aliphatic rings. The van der Waals surface area contributed by atoms with E-state index in [1.165, 1.54) is 6.08 Å². The number of methoxy groups -OCH3 is 3. The smallest absolute Gasteiger partial charge is 0.249 e. The van der Waals surface area contributed by atoms with E-state index in [0.29, 0.717) is 28.6 Å². The number of anilines is 1. The fourth-order valence-electron chi connectivity index (χ4n) is 2.45. The number of hydrogen-bond donors (Lipinski definition) is 1. The van der Waals surface area contributed by atoms with Gasteiger partial charge in [-0.05, 0) is 25.5 Å². The van der Waals surface area contributed by atoms with Crippen LogP contribution in [0.25, 0.3) is 6.08 Å². The molecule has 140 valence electrons. The minimum Gasteiger partial charge on any atom is -0.496 e. The Kier molecular flexibility index (Phi) is 6.66. The van der Waals surface area contributed by atoms with Crippen LogP contribution in [0.5, 0.6) is 17.2 Å². The van der Waals surface area contributed by atoms with Gasteiger partial charge in [-0.25, -0.2) is 4.68 Å². The molecule has 1 amide bonds. The standard InChI is InChI=1S/C19H25N3O4/c1-6-13(2)22-18(9-10-20-22)21-19(23)8-7-14-11-16(25-4)17(26-5)12-15(14)24-3/h7-13H,6H2,1-5H3,(H,21,23)/b8-7+. The fourth-order valence-corrected chi connectivity index (χ4v) is 2.45. The molecule has 0 spiro atoms. The second-order valence-corrected chi connectivity index (χ2v) is 5.69. The van der Waals surface area contributed by atoms with Gasteiger partial charge in [0.2, 0.25) is 5.91 Å². The Morgan fingerprint density at radius 1 is 1.19 bits per heavy atom. The van der Waals surface area contributed by atoms with Crippen molar-refractivity contribution in [2.75, 3.05) is 26.6 Å². The molecule has 0 radical (unpaired) electrons. The van der Waals surface area contributed by atoms with Crippen molar-refractivity contribution in [3.05, 3.63) is 36.0 Å². The Labute approximate surface area is 153 Å². The number of rotatable bonds is 8. The summed E-state index contributed by atoms with van der Waals surface area (Å²) in [5.74, 6) is 2.10. The number of carbonyl (C=O) groups excluding carboxylic acids is 1. The van der Waals surface area contributed by atoms with E-state index in [1.54, 1.807) is 56.5 Å². The predicted molar refractivity (Wildman–Crippen MR) is 101 cm³/mol. The molecule has 26 heavy (non-hydrogen) atoms. The Morgan fingerprint density at radius 2 is 1.85 bits per heavy atom. The maximum atomic E-state index is 12.3. The lowest BCUT2D eigenvalue weighted by atomic mass is 10.1. The van der Waals surface area contributed by atoms with Crippen molar-refractivity contribution < 1.29 is 19.0 Å². The summed E-state index contributed by atoms with van der Waals surface area (Å²) in [6.07, 6.45) is 5.70.